The lowest BCUT2D eigenvalue weighted by atomic mass is 10.2. The second-order valence-electron chi connectivity index (χ2n) is 4.22. The van der Waals surface area contributed by atoms with Gasteiger partial charge in [-0.1, -0.05) is 12.1 Å². The molecule has 0 radical (unpaired) electrons. The molecule has 0 aliphatic rings. The summed E-state index contributed by atoms with van der Waals surface area (Å²) >= 11 is 5.64. The van der Waals surface area contributed by atoms with Gasteiger partial charge in [0, 0.05) is 19.5 Å². The molecule has 4 nitrogen and oxygen atoms in total. The molecule has 1 aromatic heterocycles. The van der Waals surface area contributed by atoms with Crippen molar-refractivity contribution >= 4 is 28.5 Å². The smallest absolute Gasteiger partial charge is 0.260 e. The van der Waals surface area contributed by atoms with Crippen molar-refractivity contribution in [3.05, 3.63) is 34.6 Å². The summed E-state index contributed by atoms with van der Waals surface area (Å²) in [6.07, 6.45) is 1.94. The number of hydrogen-bond acceptors (Lipinski definition) is 3. The van der Waals surface area contributed by atoms with Crippen molar-refractivity contribution in [1.29, 1.82) is 0 Å². The summed E-state index contributed by atoms with van der Waals surface area (Å²) in [5.41, 5.74) is 0.625. The van der Waals surface area contributed by atoms with Crippen LogP contribution in [0.4, 0.5) is 5.95 Å². The normalized spacial score (nSPS) is 10.8. The molecular weight excluding hydrogens is 250 g/mol. The van der Waals surface area contributed by atoms with Crippen molar-refractivity contribution in [2.24, 2.45) is 0 Å². The zero-order valence-electron chi connectivity index (χ0n) is 10.3. The first kappa shape index (κ1) is 12.9. The zero-order valence-corrected chi connectivity index (χ0v) is 11.1. The summed E-state index contributed by atoms with van der Waals surface area (Å²) in [6, 6.07) is 7.34. The third kappa shape index (κ3) is 2.82. The van der Waals surface area contributed by atoms with Crippen LogP contribution in [-0.2, 0) is 0 Å². The molecule has 0 fully saturated rings. The first-order valence-electron chi connectivity index (χ1n) is 5.98. The zero-order chi connectivity index (χ0) is 13.0. The molecule has 1 aromatic carbocycles. The number of aromatic nitrogens is 2. The van der Waals surface area contributed by atoms with Gasteiger partial charge in [0.15, 0.2) is 0 Å². The number of para-hydroxylation sites is 1. The Morgan fingerprint density at radius 3 is 2.89 bits per heavy atom. The number of hydrogen-bond donors (Lipinski definition) is 1. The second kappa shape index (κ2) is 5.87. The Labute approximate surface area is 111 Å². The van der Waals surface area contributed by atoms with Crippen LogP contribution in [0.5, 0.6) is 0 Å². The Balaban J connectivity index is 2.26. The fourth-order valence-electron chi connectivity index (χ4n) is 1.80. The van der Waals surface area contributed by atoms with Crippen molar-refractivity contribution in [2.75, 3.05) is 24.4 Å². The lowest BCUT2D eigenvalue weighted by Crippen LogP contribution is -2.24. The molecule has 0 amide bonds. The summed E-state index contributed by atoms with van der Waals surface area (Å²) in [4.78, 5) is 21.1. The van der Waals surface area contributed by atoms with Gasteiger partial charge < -0.3 is 4.90 Å². The molecule has 2 aromatic rings. The van der Waals surface area contributed by atoms with Crippen LogP contribution < -0.4 is 10.5 Å². The van der Waals surface area contributed by atoms with E-state index >= 15 is 0 Å². The van der Waals surface area contributed by atoms with Crippen molar-refractivity contribution in [3.63, 3.8) is 0 Å². The maximum atomic E-state index is 11.9. The largest absolute Gasteiger partial charge is 0.345 e. The van der Waals surface area contributed by atoms with Gasteiger partial charge in [0.05, 0.1) is 10.9 Å². The van der Waals surface area contributed by atoms with Crippen molar-refractivity contribution in [2.45, 2.75) is 12.8 Å². The lowest BCUT2D eigenvalue weighted by Gasteiger charge is -2.17. The van der Waals surface area contributed by atoms with E-state index in [0.717, 1.165) is 24.9 Å². The molecule has 2 rings (SSSR count). The maximum Gasteiger partial charge on any atom is 0.260 e. The first-order chi connectivity index (χ1) is 8.72. The number of anilines is 1. The van der Waals surface area contributed by atoms with E-state index in [0.29, 0.717) is 17.2 Å². The number of alkyl halides is 1. The Morgan fingerprint density at radius 1 is 1.33 bits per heavy atom. The summed E-state index contributed by atoms with van der Waals surface area (Å²) in [6.45, 7) is 0.827. The number of unbranched alkanes of at least 4 members (excludes halogenated alkanes) is 1. The molecule has 1 heterocycles. The summed E-state index contributed by atoms with van der Waals surface area (Å²) in [5.74, 6) is 1.27. The van der Waals surface area contributed by atoms with Gasteiger partial charge in [-0.15, -0.1) is 11.6 Å². The Kier molecular flexibility index (Phi) is 4.20. The van der Waals surface area contributed by atoms with Gasteiger partial charge in [-0.05, 0) is 25.0 Å². The quantitative estimate of drug-likeness (QED) is 0.667. The van der Waals surface area contributed by atoms with E-state index in [-0.39, 0.29) is 5.56 Å². The van der Waals surface area contributed by atoms with Gasteiger partial charge in [-0.2, -0.15) is 0 Å². The average molecular weight is 266 g/mol. The monoisotopic (exact) mass is 265 g/mol. The van der Waals surface area contributed by atoms with Gasteiger partial charge in [-0.25, -0.2) is 4.98 Å². The molecule has 0 saturated heterocycles. The van der Waals surface area contributed by atoms with E-state index in [2.05, 4.69) is 9.97 Å². The minimum atomic E-state index is -0.0974. The number of nitrogens with zero attached hydrogens (tertiary/aromatic N) is 2. The van der Waals surface area contributed by atoms with Crippen LogP contribution in [0.15, 0.2) is 29.1 Å². The highest BCUT2D eigenvalue weighted by Crippen LogP contribution is 2.10. The highest BCUT2D eigenvalue weighted by molar-refractivity contribution is 6.17. The minimum absolute atomic E-state index is 0.0974. The number of halogens is 1. The van der Waals surface area contributed by atoms with Gasteiger partial charge in [0.1, 0.15) is 0 Å². The Morgan fingerprint density at radius 2 is 2.11 bits per heavy atom. The number of H-pyrrole nitrogens is 1. The number of nitrogens with one attached hydrogen (secondary N) is 1. The van der Waals surface area contributed by atoms with Crippen LogP contribution in [0, 0.1) is 0 Å². The highest BCUT2D eigenvalue weighted by Gasteiger charge is 2.06. The van der Waals surface area contributed by atoms with Crippen LogP contribution in [0.25, 0.3) is 10.9 Å². The third-order valence-corrected chi connectivity index (χ3v) is 3.11. The van der Waals surface area contributed by atoms with Gasteiger partial charge in [0.25, 0.3) is 5.56 Å². The van der Waals surface area contributed by atoms with E-state index in [1.54, 1.807) is 6.07 Å². The number of benzene rings is 1. The molecule has 5 heteroatoms. The molecular formula is C13H16ClN3O. The number of rotatable bonds is 5. The van der Waals surface area contributed by atoms with Gasteiger partial charge in [0.2, 0.25) is 5.95 Å². The van der Waals surface area contributed by atoms with Gasteiger partial charge in [-0.3, -0.25) is 9.78 Å². The van der Waals surface area contributed by atoms with Crippen LogP contribution in [0.2, 0.25) is 0 Å². The highest BCUT2D eigenvalue weighted by atomic mass is 35.5. The van der Waals surface area contributed by atoms with E-state index in [4.69, 9.17) is 11.6 Å². The molecule has 0 spiro atoms. The summed E-state index contributed by atoms with van der Waals surface area (Å²) in [5, 5.41) is 0.621. The Hall–Kier alpha value is -1.55. The molecule has 0 unspecified atom stereocenters. The SMILES string of the molecule is CN(CCCCCl)c1nc2ccccc2c(=O)[nH]1. The Bertz CT molecular complexity index is 582. The number of aromatic amines is 1. The first-order valence-corrected chi connectivity index (χ1v) is 6.52. The lowest BCUT2D eigenvalue weighted by molar-refractivity contribution is 0.753. The molecule has 18 heavy (non-hydrogen) atoms. The van der Waals surface area contributed by atoms with Gasteiger partial charge >= 0.3 is 0 Å². The van der Waals surface area contributed by atoms with E-state index in [1.807, 2.05) is 30.1 Å². The van der Waals surface area contributed by atoms with Crippen LogP contribution in [0.3, 0.4) is 0 Å². The topological polar surface area (TPSA) is 49.0 Å². The summed E-state index contributed by atoms with van der Waals surface area (Å²) in [7, 11) is 1.92. The van der Waals surface area contributed by atoms with Crippen LogP contribution in [0.1, 0.15) is 12.8 Å². The standard InChI is InChI=1S/C13H16ClN3O/c1-17(9-5-4-8-14)13-15-11-7-3-2-6-10(11)12(18)16-13/h2-3,6-7H,4-5,8-9H2,1H3,(H,15,16,18). The van der Waals surface area contributed by atoms with Crippen molar-refractivity contribution in [1.82, 2.24) is 9.97 Å². The van der Waals surface area contributed by atoms with E-state index in [9.17, 15) is 4.79 Å². The van der Waals surface area contributed by atoms with Crippen LogP contribution in [-0.4, -0.2) is 29.4 Å². The molecule has 0 aliphatic carbocycles. The van der Waals surface area contributed by atoms with E-state index < -0.39 is 0 Å². The molecule has 0 saturated carbocycles. The van der Waals surface area contributed by atoms with Crippen molar-refractivity contribution in [3.8, 4) is 0 Å². The molecule has 1 N–H and O–H groups in total. The molecule has 0 aliphatic heterocycles. The maximum absolute atomic E-state index is 11.9. The second-order valence-corrected chi connectivity index (χ2v) is 4.60. The third-order valence-electron chi connectivity index (χ3n) is 2.84. The fourth-order valence-corrected chi connectivity index (χ4v) is 1.99. The molecule has 96 valence electrons. The molecule has 0 bridgehead atoms. The fraction of sp³-hybridized carbons (Fsp3) is 0.385. The minimum Gasteiger partial charge on any atom is -0.345 e. The molecule has 0 atom stereocenters. The van der Waals surface area contributed by atoms with E-state index in [1.165, 1.54) is 0 Å². The van der Waals surface area contributed by atoms with Crippen molar-refractivity contribution < 1.29 is 0 Å². The summed E-state index contributed by atoms with van der Waals surface area (Å²) < 4.78 is 0. The predicted molar refractivity (Wildman–Crippen MR) is 75.6 cm³/mol. The average Bonchev–Trinajstić information content (AvgIpc) is 2.39. The predicted octanol–water partition coefficient (Wildman–Crippen LogP) is 2.38. The number of fused-ring (bicyclic) bond motifs is 1. The van der Waals surface area contributed by atoms with Crippen LogP contribution >= 0.6 is 11.6 Å².